The van der Waals surface area contributed by atoms with Crippen LogP contribution in [0.5, 0.6) is 0 Å². The monoisotopic (exact) mass is 439 g/mol. The van der Waals surface area contributed by atoms with Gasteiger partial charge in [-0.2, -0.15) is 0 Å². The van der Waals surface area contributed by atoms with Gasteiger partial charge in [-0.3, -0.25) is 19.7 Å². The summed E-state index contributed by atoms with van der Waals surface area (Å²) in [5, 5.41) is 5.69. The summed E-state index contributed by atoms with van der Waals surface area (Å²) in [6.07, 6.45) is 3.87. The number of hydrogen-bond acceptors (Lipinski definition) is 6. The molecule has 0 bridgehead atoms. The van der Waals surface area contributed by atoms with E-state index in [4.69, 9.17) is 21.3 Å². The fourth-order valence-corrected chi connectivity index (χ4v) is 4.12. The van der Waals surface area contributed by atoms with Crippen LogP contribution in [0.25, 0.3) is 10.8 Å². The number of amides is 1. The number of nitrogens with zero attached hydrogens (tertiary/aromatic N) is 4. The Kier molecular flexibility index (Phi) is 6.75. The summed E-state index contributed by atoms with van der Waals surface area (Å²) in [7, 11) is 0. The minimum Gasteiger partial charge on any atom is -0.379 e. The van der Waals surface area contributed by atoms with Gasteiger partial charge in [0.05, 0.1) is 41.4 Å². The largest absolute Gasteiger partial charge is 0.379 e. The minimum atomic E-state index is -0.292. The minimum absolute atomic E-state index is 0.263. The molecular weight excluding hydrogens is 414 g/mol. The maximum atomic E-state index is 12.7. The number of nitrogens with one attached hydrogen (secondary N) is 1. The van der Waals surface area contributed by atoms with Gasteiger partial charge in [0, 0.05) is 43.8 Å². The van der Waals surface area contributed by atoms with Crippen LogP contribution in [-0.4, -0.2) is 58.6 Å². The van der Waals surface area contributed by atoms with Crippen molar-refractivity contribution in [1.29, 1.82) is 0 Å². The third-order valence-electron chi connectivity index (χ3n) is 5.56. The van der Waals surface area contributed by atoms with Crippen LogP contribution < -0.4 is 5.32 Å². The molecule has 8 heteroatoms. The zero-order valence-corrected chi connectivity index (χ0v) is 18.5. The van der Waals surface area contributed by atoms with Gasteiger partial charge in [0.2, 0.25) is 0 Å². The number of aryl methyl sites for hydroxylation is 1. The van der Waals surface area contributed by atoms with Gasteiger partial charge < -0.3 is 10.1 Å². The highest BCUT2D eigenvalue weighted by Crippen LogP contribution is 2.29. The second-order valence-corrected chi connectivity index (χ2v) is 8.13. The molecule has 0 spiro atoms. The summed E-state index contributed by atoms with van der Waals surface area (Å²) in [6, 6.07) is 7.57. The molecule has 1 amide bonds. The molecule has 1 aromatic carbocycles. The first-order valence-electron chi connectivity index (χ1n) is 10.5. The number of benzene rings is 1. The highest BCUT2D eigenvalue weighted by atomic mass is 35.5. The van der Waals surface area contributed by atoms with Gasteiger partial charge in [0.25, 0.3) is 5.91 Å². The first kappa shape index (κ1) is 21.6. The maximum Gasteiger partial charge on any atom is 0.272 e. The Morgan fingerprint density at radius 1 is 1.26 bits per heavy atom. The Morgan fingerprint density at radius 2 is 2.03 bits per heavy atom. The second-order valence-electron chi connectivity index (χ2n) is 7.72. The molecule has 1 fully saturated rings. The summed E-state index contributed by atoms with van der Waals surface area (Å²) >= 11 is 6.54. The molecule has 1 aliphatic rings. The van der Waals surface area contributed by atoms with E-state index >= 15 is 0 Å². The SMILES string of the molecule is Cc1nccnc1C(=O)NC(C)c1cc2cccc(Cl)c2c(CCN2CCOCC2)n1. The van der Waals surface area contributed by atoms with Crippen LogP contribution in [0.15, 0.2) is 36.7 Å². The van der Waals surface area contributed by atoms with Gasteiger partial charge in [-0.25, -0.2) is 4.98 Å². The molecule has 4 rings (SSSR count). The van der Waals surface area contributed by atoms with Crippen molar-refractivity contribution in [3.05, 3.63) is 64.5 Å². The molecule has 3 aromatic rings. The van der Waals surface area contributed by atoms with E-state index in [9.17, 15) is 4.79 Å². The Morgan fingerprint density at radius 3 is 2.81 bits per heavy atom. The molecule has 1 unspecified atom stereocenters. The third-order valence-corrected chi connectivity index (χ3v) is 5.87. The van der Waals surface area contributed by atoms with Crippen molar-refractivity contribution in [3.8, 4) is 0 Å². The van der Waals surface area contributed by atoms with E-state index in [1.807, 2.05) is 31.2 Å². The number of carbonyl (C=O) groups is 1. The van der Waals surface area contributed by atoms with Crippen LogP contribution >= 0.6 is 11.6 Å². The standard InChI is InChI=1S/C23H26ClN5O2/c1-15(27-23(30)22-16(2)25-7-8-26-22)20-14-17-4-3-5-18(24)21(17)19(28-20)6-9-29-10-12-31-13-11-29/h3-5,7-8,14-15H,6,9-13H2,1-2H3,(H,27,30). The Labute approximate surface area is 186 Å². The Bertz CT molecular complexity index is 1080. The number of aromatic nitrogens is 3. The number of rotatable bonds is 6. The number of carbonyl (C=O) groups excluding carboxylic acids is 1. The zero-order chi connectivity index (χ0) is 21.8. The fourth-order valence-electron chi connectivity index (χ4n) is 3.83. The topological polar surface area (TPSA) is 80.2 Å². The number of hydrogen-bond donors (Lipinski definition) is 1. The highest BCUT2D eigenvalue weighted by molar-refractivity contribution is 6.35. The van der Waals surface area contributed by atoms with E-state index in [1.165, 1.54) is 6.20 Å². The fraction of sp³-hybridized carbons (Fsp3) is 0.391. The van der Waals surface area contributed by atoms with Crippen molar-refractivity contribution in [1.82, 2.24) is 25.2 Å². The lowest BCUT2D eigenvalue weighted by Crippen LogP contribution is -2.37. The predicted molar refractivity (Wildman–Crippen MR) is 120 cm³/mol. The Hall–Kier alpha value is -2.61. The molecule has 31 heavy (non-hydrogen) atoms. The van der Waals surface area contributed by atoms with Crippen LogP contribution in [0.4, 0.5) is 0 Å². The summed E-state index contributed by atoms with van der Waals surface area (Å²) in [6.45, 7) is 7.96. The maximum absolute atomic E-state index is 12.7. The summed E-state index contributed by atoms with van der Waals surface area (Å²) in [4.78, 5) is 28.3. The molecule has 1 aliphatic heterocycles. The number of ether oxygens (including phenoxy) is 1. The van der Waals surface area contributed by atoms with Gasteiger partial charge in [-0.1, -0.05) is 23.7 Å². The average molecular weight is 440 g/mol. The van der Waals surface area contributed by atoms with Crippen molar-refractivity contribution >= 4 is 28.3 Å². The van der Waals surface area contributed by atoms with Gasteiger partial charge in [0.1, 0.15) is 5.69 Å². The zero-order valence-electron chi connectivity index (χ0n) is 17.8. The molecule has 0 saturated carbocycles. The van der Waals surface area contributed by atoms with E-state index in [2.05, 4.69) is 20.2 Å². The average Bonchev–Trinajstić information content (AvgIpc) is 2.78. The van der Waals surface area contributed by atoms with Crippen molar-refractivity contribution in [2.45, 2.75) is 26.3 Å². The van der Waals surface area contributed by atoms with Crippen LogP contribution in [0.2, 0.25) is 5.02 Å². The number of morpholine rings is 1. The number of halogens is 1. The number of pyridine rings is 1. The molecule has 1 N–H and O–H groups in total. The summed E-state index contributed by atoms with van der Waals surface area (Å²) < 4.78 is 5.45. The quantitative estimate of drug-likeness (QED) is 0.634. The van der Waals surface area contributed by atoms with E-state index in [-0.39, 0.29) is 11.9 Å². The van der Waals surface area contributed by atoms with Gasteiger partial charge in [-0.05, 0) is 31.4 Å². The van der Waals surface area contributed by atoms with Crippen molar-refractivity contribution in [2.75, 3.05) is 32.8 Å². The van der Waals surface area contributed by atoms with Gasteiger partial charge in [0.15, 0.2) is 0 Å². The lowest BCUT2D eigenvalue weighted by molar-refractivity contribution is 0.0384. The molecule has 0 aliphatic carbocycles. The van der Waals surface area contributed by atoms with E-state index < -0.39 is 0 Å². The predicted octanol–water partition coefficient (Wildman–Crippen LogP) is 3.35. The number of fused-ring (bicyclic) bond motifs is 1. The molecule has 3 heterocycles. The van der Waals surface area contributed by atoms with E-state index in [1.54, 1.807) is 13.1 Å². The van der Waals surface area contributed by atoms with Crippen molar-refractivity contribution < 1.29 is 9.53 Å². The van der Waals surface area contributed by atoms with Crippen LogP contribution in [-0.2, 0) is 11.2 Å². The smallest absolute Gasteiger partial charge is 0.272 e. The van der Waals surface area contributed by atoms with E-state index in [0.717, 1.165) is 61.4 Å². The molecule has 1 saturated heterocycles. The van der Waals surface area contributed by atoms with Crippen LogP contribution in [0.3, 0.4) is 0 Å². The first-order chi connectivity index (χ1) is 15.0. The normalized spacial score (nSPS) is 15.7. The van der Waals surface area contributed by atoms with Crippen molar-refractivity contribution in [3.63, 3.8) is 0 Å². The van der Waals surface area contributed by atoms with Gasteiger partial charge >= 0.3 is 0 Å². The highest BCUT2D eigenvalue weighted by Gasteiger charge is 2.19. The molecule has 0 radical (unpaired) electrons. The molecule has 1 atom stereocenters. The molecule has 2 aromatic heterocycles. The molecule has 7 nitrogen and oxygen atoms in total. The Balaban J connectivity index is 1.59. The van der Waals surface area contributed by atoms with Gasteiger partial charge in [-0.15, -0.1) is 0 Å². The van der Waals surface area contributed by atoms with E-state index in [0.29, 0.717) is 16.4 Å². The lowest BCUT2D eigenvalue weighted by Gasteiger charge is -2.26. The van der Waals surface area contributed by atoms with Crippen molar-refractivity contribution in [2.24, 2.45) is 0 Å². The second kappa shape index (κ2) is 9.68. The molecule has 162 valence electrons. The van der Waals surface area contributed by atoms with Crippen LogP contribution in [0.1, 0.15) is 40.5 Å². The lowest BCUT2D eigenvalue weighted by atomic mass is 10.0. The first-order valence-corrected chi connectivity index (χ1v) is 10.9. The summed E-state index contributed by atoms with van der Waals surface area (Å²) in [5.74, 6) is -0.263. The molecular formula is C23H26ClN5O2. The third kappa shape index (κ3) is 5.01. The van der Waals surface area contributed by atoms with Crippen LogP contribution in [0, 0.1) is 6.92 Å². The summed E-state index contributed by atoms with van der Waals surface area (Å²) in [5.41, 5.74) is 2.66.